The smallest absolute Gasteiger partial charge is 0.303 e. The van der Waals surface area contributed by atoms with E-state index >= 15 is 0 Å². The Morgan fingerprint density at radius 3 is 2.56 bits per heavy atom. The van der Waals surface area contributed by atoms with E-state index in [0.717, 1.165) is 19.3 Å². The molecular formula is C13H21NO4. The topological polar surface area (TPSA) is 66.8 Å². The van der Waals surface area contributed by atoms with Gasteiger partial charge in [-0.05, 0) is 32.1 Å². The highest BCUT2D eigenvalue weighted by molar-refractivity contribution is 5.82. The van der Waals surface area contributed by atoms with Gasteiger partial charge in [-0.25, -0.2) is 0 Å². The van der Waals surface area contributed by atoms with Crippen LogP contribution in [-0.2, 0) is 14.3 Å². The van der Waals surface area contributed by atoms with Crippen LogP contribution in [-0.4, -0.2) is 47.7 Å². The van der Waals surface area contributed by atoms with Crippen LogP contribution in [0.1, 0.15) is 32.6 Å². The van der Waals surface area contributed by atoms with E-state index in [9.17, 15) is 9.59 Å². The van der Waals surface area contributed by atoms with Crippen molar-refractivity contribution >= 4 is 11.9 Å². The quantitative estimate of drug-likeness (QED) is 0.799. The Balaban J connectivity index is 1.73. The van der Waals surface area contributed by atoms with Gasteiger partial charge in [-0.3, -0.25) is 9.59 Å². The summed E-state index contributed by atoms with van der Waals surface area (Å²) in [6.07, 6.45) is 2.82. The first-order valence-electron chi connectivity index (χ1n) is 6.74. The Hall–Kier alpha value is -1.10. The normalized spacial score (nSPS) is 28.2. The van der Waals surface area contributed by atoms with Crippen molar-refractivity contribution in [2.75, 3.05) is 19.7 Å². The summed E-state index contributed by atoms with van der Waals surface area (Å²) in [4.78, 5) is 24.6. The zero-order valence-corrected chi connectivity index (χ0v) is 10.8. The van der Waals surface area contributed by atoms with Crippen molar-refractivity contribution in [3.63, 3.8) is 0 Å². The third-order valence-electron chi connectivity index (χ3n) is 3.82. The Morgan fingerprint density at radius 2 is 2.00 bits per heavy atom. The number of carboxylic acid groups (broad SMARTS) is 1. The lowest BCUT2D eigenvalue weighted by atomic mass is 9.93. The highest BCUT2D eigenvalue weighted by atomic mass is 16.5. The van der Waals surface area contributed by atoms with E-state index in [0.29, 0.717) is 19.7 Å². The van der Waals surface area contributed by atoms with Gasteiger partial charge in [0.2, 0.25) is 5.91 Å². The number of nitrogens with zero attached hydrogens (tertiary/aromatic N) is 1. The van der Waals surface area contributed by atoms with Crippen LogP contribution in [0.25, 0.3) is 0 Å². The first kappa shape index (κ1) is 13.3. The number of aliphatic carboxylic acids is 1. The van der Waals surface area contributed by atoms with Crippen molar-refractivity contribution in [1.29, 1.82) is 0 Å². The number of carbonyl (C=O) groups is 2. The standard InChI is InChI=1S/C13H21NO4/c1-2-18-11-8-10(11)13(17)14-5-3-9(4-6-14)7-12(15)16/h9-11H,2-8H2,1H3,(H,15,16)/t10-,11+/m1/s1. The van der Waals surface area contributed by atoms with E-state index in [-0.39, 0.29) is 30.3 Å². The molecule has 2 atom stereocenters. The molecule has 5 heteroatoms. The van der Waals surface area contributed by atoms with Gasteiger partial charge in [-0.2, -0.15) is 0 Å². The maximum Gasteiger partial charge on any atom is 0.303 e. The van der Waals surface area contributed by atoms with Gasteiger partial charge in [0.15, 0.2) is 0 Å². The van der Waals surface area contributed by atoms with Gasteiger partial charge in [0.25, 0.3) is 0 Å². The molecule has 2 fully saturated rings. The summed E-state index contributed by atoms with van der Waals surface area (Å²) in [5, 5.41) is 8.74. The fourth-order valence-corrected chi connectivity index (χ4v) is 2.67. The number of amides is 1. The Bertz CT molecular complexity index is 323. The molecule has 1 aliphatic carbocycles. The van der Waals surface area contributed by atoms with Crippen LogP contribution in [0.2, 0.25) is 0 Å². The molecule has 1 saturated carbocycles. The van der Waals surface area contributed by atoms with Crippen LogP contribution in [0.5, 0.6) is 0 Å². The molecule has 1 aliphatic heterocycles. The van der Waals surface area contributed by atoms with Crippen molar-refractivity contribution in [1.82, 2.24) is 4.90 Å². The van der Waals surface area contributed by atoms with Gasteiger partial charge >= 0.3 is 5.97 Å². The lowest BCUT2D eigenvalue weighted by Gasteiger charge is -2.31. The number of hydrogen-bond donors (Lipinski definition) is 1. The first-order valence-corrected chi connectivity index (χ1v) is 6.74. The van der Waals surface area contributed by atoms with Crippen molar-refractivity contribution in [3.8, 4) is 0 Å². The van der Waals surface area contributed by atoms with Crippen molar-refractivity contribution in [3.05, 3.63) is 0 Å². The lowest BCUT2D eigenvalue weighted by molar-refractivity contribution is -0.139. The summed E-state index contributed by atoms with van der Waals surface area (Å²) in [5.41, 5.74) is 0. The monoisotopic (exact) mass is 255 g/mol. The molecule has 18 heavy (non-hydrogen) atoms. The fourth-order valence-electron chi connectivity index (χ4n) is 2.67. The number of hydrogen-bond acceptors (Lipinski definition) is 3. The number of likely N-dealkylation sites (tertiary alicyclic amines) is 1. The molecular weight excluding hydrogens is 234 g/mol. The number of carbonyl (C=O) groups excluding carboxylic acids is 1. The van der Waals surface area contributed by atoms with Gasteiger partial charge in [-0.1, -0.05) is 0 Å². The Labute approximate surface area is 107 Å². The van der Waals surface area contributed by atoms with E-state index in [1.54, 1.807) is 0 Å². The molecule has 0 spiro atoms. The van der Waals surface area contributed by atoms with E-state index in [1.807, 2.05) is 11.8 Å². The number of carboxylic acids is 1. The van der Waals surface area contributed by atoms with Crippen LogP contribution in [0.4, 0.5) is 0 Å². The second kappa shape index (κ2) is 5.69. The second-order valence-electron chi connectivity index (χ2n) is 5.20. The summed E-state index contributed by atoms with van der Waals surface area (Å²) < 4.78 is 5.43. The summed E-state index contributed by atoms with van der Waals surface area (Å²) in [6.45, 7) is 4.00. The first-order chi connectivity index (χ1) is 8.61. The average Bonchev–Trinajstić information content (AvgIpc) is 3.08. The molecule has 2 rings (SSSR count). The molecule has 1 heterocycles. The summed E-state index contributed by atoms with van der Waals surface area (Å²) in [6, 6.07) is 0. The molecule has 0 aromatic rings. The lowest BCUT2D eigenvalue weighted by Crippen LogP contribution is -2.40. The van der Waals surface area contributed by atoms with Crippen molar-refractivity contribution in [2.24, 2.45) is 11.8 Å². The predicted molar refractivity (Wildman–Crippen MR) is 65.1 cm³/mol. The minimum absolute atomic E-state index is 0.0565. The van der Waals surface area contributed by atoms with E-state index in [1.165, 1.54) is 0 Å². The summed E-state index contributed by atoms with van der Waals surface area (Å²) in [5.74, 6) is -0.255. The average molecular weight is 255 g/mol. The van der Waals surface area contributed by atoms with Gasteiger partial charge in [-0.15, -0.1) is 0 Å². The van der Waals surface area contributed by atoms with E-state index < -0.39 is 5.97 Å². The van der Waals surface area contributed by atoms with Crippen LogP contribution >= 0.6 is 0 Å². The molecule has 1 amide bonds. The van der Waals surface area contributed by atoms with Crippen molar-refractivity contribution in [2.45, 2.75) is 38.7 Å². The van der Waals surface area contributed by atoms with E-state index in [4.69, 9.17) is 9.84 Å². The zero-order chi connectivity index (χ0) is 13.1. The molecule has 1 N–H and O–H groups in total. The third kappa shape index (κ3) is 3.22. The molecule has 0 bridgehead atoms. The molecule has 0 aromatic heterocycles. The minimum atomic E-state index is -0.738. The highest BCUT2D eigenvalue weighted by Gasteiger charge is 2.46. The number of rotatable bonds is 5. The van der Waals surface area contributed by atoms with Gasteiger partial charge in [0.05, 0.1) is 12.0 Å². The number of piperidine rings is 1. The van der Waals surface area contributed by atoms with Crippen LogP contribution < -0.4 is 0 Å². The maximum absolute atomic E-state index is 12.1. The fraction of sp³-hybridized carbons (Fsp3) is 0.846. The Kier molecular flexibility index (Phi) is 4.22. The molecule has 5 nitrogen and oxygen atoms in total. The van der Waals surface area contributed by atoms with E-state index in [2.05, 4.69) is 0 Å². The third-order valence-corrected chi connectivity index (χ3v) is 3.82. The summed E-state index contributed by atoms with van der Waals surface area (Å²) in [7, 11) is 0. The highest BCUT2D eigenvalue weighted by Crippen LogP contribution is 2.36. The molecule has 0 radical (unpaired) electrons. The largest absolute Gasteiger partial charge is 0.481 e. The van der Waals surface area contributed by atoms with Crippen LogP contribution in [0.3, 0.4) is 0 Å². The SMILES string of the molecule is CCO[C@H]1C[C@H]1C(=O)N1CCC(CC(=O)O)CC1. The number of ether oxygens (including phenoxy) is 1. The van der Waals surface area contributed by atoms with Crippen molar-refractivity contribution < 1.29 is 19.4 Å². The Morgan fingerprint density at radius 1 is 1.33 bits per heavy atom. The maximum atomic E-state index is 12.1. The van der Waals surface area contributed by atoms with Gasteiger partial charge < -0.3 is 14.7 Å². The summed E-state index contributed by atoms with van der Waals surface area (Å²) >= 11 is 0. The zero-order valence-electron chi connectivity index (χ0n) is 10.8. The molecule has 0 aromatic carbocycles. The van der Waals surface area contributed by atoms with Gasteiger partial charge in [0, 0.05) is 26.1 Å². The molecule has 1 saturated heterocycles. The minimum Gasteiger partial charge on any atom is -0.481 e. The second-order valence-corrected chi connectivity index (χ2v) is 5.20. The van der Waals surface area contributed by atoms with Crippen LogP contribution in [0, 0.1) is 11.8 Å². The molecule has 0 unspecified atom stereocenters. The van der Waals surface area contributed by atoms with Gasteiger partial charge in [0.1, 0.15) is 0 Å². The van der Waals surface area contributed by atoms with Crippen LogP contribution in [0.15, 0.2) is 0 Å². The molecule has 102 valence electrons. The molecule has 2 aliphatic rings. The predicted octanol–water partition coefficient (Wildman–Crippen LogP) is 1.12.